The summed E-state index contributed by atoms with van der Waals surface area (Å²) in [6, 6.07) is 22.8. The number of halogens is 2. The molecule has 0 bridgehead atoms. The maximum Gasteiger partial charge on any atom is 0.234 e. The highest BCUT2D eigenvalue weighted by Gasteiger charge is 2.35. The zero-order valence-electron chi connectivity index (χ0n) is 18.3. The molecular weight excluding hydrogens is 473 g/mol. The summed E-state index contributed by atoms with van der Waals surface area (Å²) in [6.07, 6.45) is 0.773. The number of nitrogens with one attached hydrogen (secondary N) is 1. The molecule has 1 aliphatic rings. The molecule has 1 heterocycles. The molecule has 2 amide bonds. The van der Waals surface area contributed by atoms with Crippen LogP contribution in [0.3, 0.4) is 0 Å². The zero-order valence-corrected chi connectivity index (χ0v) is 19.9. The van der Waals surface area contributed by atoms with Crippen LogP contribution in [-0.4, -0.2) is 33.7 Å². The maximum absolute atomic E-state index is 13.4. The molecule has 1 N–H and O–H groups in total. The van der Waals surface area contributed by atoms with Crippen molar-refractivity contribution in [3.05, 3.63) is 101 Å². The van der Waals surface area contributed by atoms with Crippen LogP contribution < -0.4 is 5.32 Å². The van der Waals surface area contributed by atoms with Crippen molar-refractivity contribution in [2.75, 3.05) is 6.54 Å². The van der Waals surface area contributed by atoms with Gasteiger partial charge in [-0.1, -0.05) is 65.8 Å². The molecule has 174 valence electrons. The summed E-state index contributed by atoms with van der Waals surface area (Å²) in [4.78, 5) is 32.1. The molecule has 0 radical (unpaired) electrons. The average molecular weight is 496 g/mol. The minimum absolute atomic E-state index is 0.0673. The second-order valence-corrected chi connectivity index (χ2v) is 9.42. The molecule has 3 aromatic carbocycles. The van der Waals surface area contributed by atoms with Crippen molar-refractivity contribution in [3.8, 4) is 0 Å². The number of carbonyl (C=O) groups excluding carboxylic acids is 2. The van der Waals surface area contributed by atoms with Crippen LogP contribution >= 0.6 is 23.4 Å². The van der Waals surface area contributed by atoms with Crippen molar-refractivity contribution < 1.29 is 14.0 Å². The summed E-state index contributed by atoms with van der Waals surface area (Å²) in [5.74, 6) is -0.769. The Labute approximate surface area is 207 Å². The molecule has 8 heteroatoms. The van der Waals surface area contributed by atoms with Gasteiger partial charge in [-0.25, -0.2) is 9.38 Å². The Bertz CT molecular complexity index is 1170. The molecule has 1 fully saturated rings. The van der Waals surface area contributed by atoms with Crippen LogP contribution in [0.4, 0.5) is 10.1 Å². The van der Waals surface area contributed by atoms with Crippen molar-refractivity contribution in [2.24, 2.45) is 4.99 Å². The number of rotatable bonds is 7. The highest BCUT2D eigenvalue weighted by molar-refractivity contribution is 8.15. The molecule has 0 unspecified atom stereocenters. The molecular formula is C26H23ClFN3O2S. The van der Waals surface area contributed by atoms with Gasteiger partial charge in [0.1, 0.15) is 5.82 Å². The van der Waals surface area contributed by atoms with Crippen LogP contribution in [-0.2, 0) is 22.6 Å². The van der Waals surface area contributed by atoms with Crippen molar-refractivity contribution in [1.29, 1.82) is 0 Å². The molecule has 0 saturated carbocycles. The van der Waals surface area contributed by atoms with Gasteiger partial charge in [0, 0.05) is 18.0 Å². The fourth-order valence-corrected chi connectivity index (χ4v) is 4.73. The Morgan fingerprint density at radius 2 is 1.74 bits per heavy atom. The molecule has 0 aromatic heterocycles. The van der Waals surface area contributed by atoms with Crippen LogP contribution in [0.1, 0.15) is 17.5 Å². The minimum atomic E-state index is -0.594. The number of hydrogen-bond acceptors (Lipinski definition) is 4. The highest BCUT2D eigenvalue weighted by atomic mass is 35.5. The Kier molecular flexibility index (Phi) is 7.98. The lowest BCUT2D eigenvalue weighted by Crippen LogP contribution is -2.46. The predicted octanol–water partition coefficient (Wildman–Crippen LogP) is 5.36. The van der Waals surface area contributed by atoms with Crippen LogP contribution in [0.2, 0.25) is 5.02 Å². The fourth-order valence-electron chi connectivity index (χ4n) is 3.48. The Balaban J connectivity index is 1.49. The van der Waals surface area contributed by atoms with Crippen LogP contribution in [0.15, 0.2) is 83.9 Å². The van der Waals surface area contributed by atoms with E-state index in [4.69, 9.17) is 11.6 Å². The second-order valence-electron chi connectivity index (χ2n) is 7.81. The lowest BCUT2D eigenvalue weighted by Gasteiger charge is -2.32. The van der Waals surface area contributed by atoms with E-state index in [0.717, 1.165) is 11.1 Å². The minimum Gasteiger partial charge on any atom is -0.355 e. The summed E-state index contributed by atoms with van der Waals surface area (Å²) in [5.41, 5.74) is 2.52. The third-order valence-corrected chi connectivity index (χ3v) is 6.73. The molecule has 0 aliphatic carbocycles. The van der Waals surface area contributed by atoms with Gasteiger partial charge >= 0.3 is 0 Å². The van der Waals surface area contributed by atoms with Gasteiger partial charge in [0.2, 0.25) is 11.8 Å². The van der Waals surface area contributed by atoms with Crippen molar-refractivity contribution in [1.82, 2.24) is 10.2 Å². The van der Waals surface area contributed by atoms with Gasteiger partial charge in [0.15, 0.2) is 5.17 Å². The number of nitrogens with zero attached hydrogens (tertiary/aromatic N) is 2. The first-order valence-corrected chi connectivity index (χ1v) is 12.1. The third kappa shape index (κ3) is 6.46. The lowest BCUT2D eigenvalue weighted by atomic mass is 10.1. The number of amidine groups is 1. The van der Waals surface area contributed by atoms with Crippen LogP contribution in [0.25, 0.3) is 0 Å². The van der Waals surface area contributed by atoms with E-state index in [1.54, 1.807) is 17.0 Å². The van der Waals surface area contributed by atoms with Crippen molar-refractivity contribution in [2.45, 2.75) is 24.6 Å². The van der Waals surface area contributed by atoms with Gasteiger partial charge in [0.05, 0.1) is 17.5 Å². The molecule has 1 saturated heterocycles. The summed E-state index contributed by atoms with van der Waals surface area (Å²) in [7, 11) is 0. The Hall–Kier alpha value is -3.16. The number of aliphatic imine (C=N–C) groups is 1. The van der Waals surface area contributed by atoms with E-state index in [-0.39, 0.29) is 24.1 Å². The maximum atomic E-state index is 13.4. The topological polar surface area (TPSA) is 61.8 Å². The summed E-state index contributed by atoms with van der Waals surface area (Å²) < 4.78 is 13.4. The number of thioether (sulfide) groups is 1. The molecule has 4 rings (SSSR count). The van der Waals surface area contributed by atoms with E-state index in [1.165, 1.54) is 36.0 Å². The van der Waals surface area contributed by atoms with Gasteiger partial charge in [-0.2, -0.15) is 0 Å². The van der Waals surface area contributed by atoms with E-state index in [2.05, 4.69) is 10.3 Å². The van der Waals surface area contributed by atoms with Crippen LogP contribution in [0, 0.1) is 5.82 Å². The molecule has 1 aliphatic heterocycles. The second kappa shape index (κ2) is 11.3. The monoisotopic (exact) mass is 495 g/mol. The summed E-state index contributed by atoms with van der Waals surface area (Å²) in [5, 5.41) is 3.35. The highest BCUT2D eigenvalue weighted by Crippen LogP contribution is 2.30. The molecule has 3 aromatic rings. The Morgan fingerprint density at radius 1 is 1.03 bits per heavy atom. The first kappa shape index (κ1) is 24.0. The molecule has 0 spiro atoms. The van der Waals surface area contributed by atoms with Gasteiger partial charge in [-0.15, -0.1) is 0 Å². The molecule has 5 nitrogen and oxygen atoms in total. The number of benzene rings is 3. The SMILES string of the molecule is O=C(NCCc1ccccc1)[C@@H]1CC(=O)N(Cc2ccc(Cl)cc2)C(=Nc2ccc(F)cc2)S1. The van der Waals surface area contributed by atoms with Gasteiger partial charge in [-0.3, -0.25) is 14.5 Å². The van der Waals surface area contributed by atoms with Crippen molar-refractivity contribution >= 4 is 46.0 Å². The van der Waals surface area contributed by atoms with E-state index >= 15 is 0 Å². The first-order chi connectivity index (χ1) is 16.5. The van der Waals surface area contributed by atoms with E-state index in [9.17, 15) is 14.0 Å². The smallest absolute Gasteiger partial charge is 0.234 e. The number of carbonyl (C=O) groups is 2. The third-order valence-electron chi connectivity index (χ3n) is 5.29. The fraction of sp³-hybridized carbons (Fsp3) is 0.192. The average Bonchev–Trinajstić information content (AvgIpc) is 2.84. The van der Waals surface area contributed by atoms with Crippen LogP contribution in [0.5, 0.6) is 0 Å². The van der Waals surface area contributed by atoms with E-state index in [1.807, 2.05) is 42.5 Å². The molecule has 34 heavy (non-hydrogen) atoms. The van der Waals surface area contributed by atoms with E-state index in [0.29, 0.717) is 35.4 Å². The summed E-state index contributed by atoms with van der Waals surface area (Å²) >= 11 is 7.23. The standard InChI is InChI=1S/C26H23ClFN3O2S/c27-20-8-6-19(7-9-20)17-31-24(32)16-23(25(33)29-15-14-18-4-2-1-3-5-18)34-26(31)30-22-12-10-21(28)11-13-22/h1-13,23H,14-17H2,(H,29,33)/t23-/m0/s1. The largest absolute Gasteiger partial charge is 0.355 e. The number of amides is 2. The van der Waals surface area contributed by atoms with Crippen molar-refractivity contribution in [3.63, 3.8) is 0 Å². The quantitative estimate of drug-likeness (QED) is 0.480. The summed E-state index contributed by atoms with van der Waals surface area (Å²) in [6.45, 7) is 0.776. The Morgan fingerprint density at radius 3 is 2.44 bits per heavy atom. The normalized spacial score (nSPS) is 17.1. The predicted molar refractivity (Wildman–Crippen MR) is 135 cm³/mol. The van der Waals surface area contributed by atoms with Gasteiger partial charge < -0.3 is 5.32 Å². The van der Waals surface area contributed by atoms with E-state index < -0.39 is 5.25 Å². The number of hydrogen-bond donors (Lipinski definition) is 1. The lowest BCUT2D eigenvalue weighted by molar-refractivity contribution is -0.130. The zero-order chi connectivity index (χ0) is 23.9. The molecule has 1 atom stereocenters. The first-order valence-electron chi connectivity index (χ1n) is 10.9. The van der Waals surface area contributed by atoms with Gasteiger partial charge in [-0.05, 0) is 53.9 Å². The van der Waals surface area contributed by atoms with Gasteiger partial charge in [0.25, 0.3) is 0 Å².